The highest BCUT2D eigenvalue weighted by molar-refractivity contribution is 7.99. The van der Waals surface area contributed by atoms with Gasteiger partial charge in [-0.15, -0.1) is 0 Å². The molecule has 0 aliphatic heterocycles. The van der Waals surface area contributed by atoms with E-state index in [-0.39, 0.29) is 13.0 Å². The summed E-state index contributed by atoms with van der Waals surface area (Å²) in [6.45, 7) is 3.46. The number of aromatic nitrogens is 2. The number of aryl methyl sites for hydroxylation is 1. The number of thioether (sulfide) groups is 1. The number of rotatable bonds is 9. The molecule has 1 heterocycles. The van der Waals surface area contributed by atoms with E-state index >= 15 is 0 Å². The van der Waals surface area contributed by atoms with Crippen LogP contribution in [0.25, 0.3) is 0 Å². The maximum absolute atomic E-state index is 12.0. The molecule has 1 unspecified atom stereocenters. The number of aromatic amines is 1. The van der Waals surface area contributed by atoms with Gasteiger partial charge in [-0.1, -0.05) is 6.92 Å². The van der Waals surface area contributed by atoms with E-state index in [1.807, 2.05) is 6.92 Å². The molecular formula is C14H24N2O5S. The molecule has 7 nitrogen and oxygen atoms in total. The Balaban J connectivity index is 3.20. The second kappa shape index (κ2) is 9.14. The Morgan fingerprint density at radius 2 is 2.14 bits per heavy atom. The Kier molecular flexibility index (Phi) is 7.88. The van der Waals surface area contributed by atoms with Gasteiger partial charge in [0.15, 0.2) is 6.23 Å². The van der Waals surface area contributed by atoms with E-state index in [2.05, 4.69) is 4.98 Å². The van der Waals surface area contributed by atoms with Gasteiger partial charge in [-0.3, -0.25) is 14.3 Å². The molecule has 0 spiro atoms. The highest BCUT2D eigenvalue weighted by Gasteiger charge is 2.30. The molecule has 0 saturated carbocycles. The van der Waals surface area contributed by atoms with Crippen LogP contribution in [-0.2, 0) is 4.74 Å². The fourth-order valence-corrected chi connectivity index (χ4v) is 3.39. The van der Waals surface area contributed by atoms with Crippen LogP contribution in [0.2, 0.25) is 0 Å². The summed E-state index contributed by atoms with van der Waals surface area (Å²) in [7, 11) is 1.45. The summed E-state index contributed by atoms with van der Waals surface area (Å²) in [4.78, 5) is 25.8. The van der Waals surface area contributed by atoms with Crippen LogP contribution in [0.4, 0.5) is 0 Å². The summed E-state index contributed by atoms with van der Waals surface area (Å²) >= 11 is 1.48. The van der Waals surface area contributed by atoms with Gasteiger partial charge in [-0.25, -0.2) is 4.79 Å². The van der Waals surface area contributed by atoms with Crippen molar-refractivity contribution in [3.8, 4) is 0 Å². The Morgan fingerprint density at radius 3 is 2.68 bits per heavy atom. The maximum Gasteiger partial charge on any atom is 0.330 e. The second-order valence-corrected chi connectivity index (χ2v) is 6.31. The first-order chi connectivity index (χ1) is 10.5. The van der Waals surface area contributed by atoms with Gasteiger partial charge in [0.2, 0.25) is 0 Å². The average Bonchev–Trinajstić information content (AvgIpc) is 2.48. The molecule has 1 aromatic heterocycles. The minimum atomic E-state index is -0.828. The van der Waals surface area contributed by atoms with Gasteiger partial charge in [-0.2, -0.15) is 11.8 Å². The lowest BCUT2D eigenvalue weighted by Gasteiger charge is -2.30. The van der Waals surface area contributed by atoms with Gasteiger partial charge < -0.3 is 14.9 Å². The molecule has 0 fully saturated rings. The van der Waals surface area contributed by atoms with Crippen molar-refractivity contribution in [1.82, 2.24) is 9.55 Å². The largest absolute Gasteiger partial charge is 0.396 e. The van der Waals surface area contributed by atoms with Crippen molar-refractivity contribution in [2.75, 3.05) is 19.5 Å². The number of hydrogen-bond donors (Lipinski definition) is 3. The van der Waals surface area contributed by atoms with E-state index in [0.29, 0.717) is 5.56 Å². The minimum absolute atomic E-state index is 0.152. The molecule has 3 atom stereocenters. The lowest BCUT2D eigenvalue weighted by molar-refractivity contribution is -0.00242. The van der Waals surface area contributed by atoms with Crippen molar-refractivity contribution in [2.24, 2.45) is 0 Å². The van der Waals surface area contributed by atoms with E-state index in [0.717, 1.165) is 12.2 Å². The Morgan fingerprint density at radius 1 is 1.45 bits per heavy atom. The fourth-order valence-electron chi connectivity index (χ4n) is 2.12. The zero-order valence-corrected chi connectivity index (χ0v) is 13.9. The van der Waals surface area contributed by atoms with Gasteiger partial charge in [-0.05, 0) is 25.5 Å². The molecule has 0 aromatic carbocycles. The van der Waals surface area contributed by atoms with Crippen LogP contribution in [0.3, 0.4) is 0 Å². The van der Waals surface area contributed by atoms with Crippen molar-refractivity contribution in [2.45, 2.75) is 44.3 Å². The van der Waals surface area contributed by atoms with Crippen molar-refractivity contribution < 1.29 is 14.9 Å². The number of aliphatic hydroxyl groups is 2. The van der Waals surface area contributed by atoms with Crippen LogP contribution in [0, 0.1) is 6.92 Å². The van der Waals surface area contributed by atoms with Crippen LogP contribution in [-0.4, -0.2) is 50.6 Å². The molecule has 1 rings (SSSR count). The summed E-state index contributed by atoms with van der Waals surface area (Å²) in [5, 5.41) is 18.9. The Bertz CT molecular complexity index is 571. The Labute approximate surface area is 133 Å². The zero-order chi connectivity index (χ0) is 16.7. The number of hydrogen-bond acceptors (Lipinski definition) is 6. The molecule has 8 heteroatoms. The molecular weight excluding hydrogens is 308 g/mol. The molecule has 0 bridgehead atoms. The van der Waals surface area contributed by atoms with Gasteiger partial charge in [0.05, 0.1) is 11.4 Å². The minimum Gasteiger partial charge on any atom is -0.396 e. The SMILES string of the molecule is CCCS[C@@H](C(O)CCO)[C@@H](OC)n1cc(C)c(=O)[nH]c1=O. The maximum atomic E-state index is 12.0. The molecule has 1 aromatic rings. The van der Waals surface area contributed by atoms with Gasteiger partial charge >= 0.3 is 5.69 Å². The lowest BCUT2D eigenvalue weighted by atomic mass is 10.1. The van der Waals surface area contributed by atoms with Crippen molar-refractivity contribution in [3.63, 3.8) is 0 Å². The number of H-pyrrole nitrogens is 1. The predicted molar refractivity (Wildman–Crippen MR) is 86.4 cm³/mol. The summed E-state index contributed by atoms with van der Waals surface area (Å²) in [6.07, 6.45) is 0.966. The van der Waals surface area contributed by atoms with Crippen LogP contribution >= 0.6 is 11.8 Å². The molecule has 0 saturated heterocycles. The normalized spacial score (nSPS) is 15.5. The van der Waals surface area contributed by atoms with Crippen molar-refractivity contribution >= 4 is 11.8 Å². The fraction of sp³-hybridized carbons (Fsp3) is 0.714. The number of nitrogens with one attached hydrogen (secondary N) is 1. The topological polar surface area (TPSA) is 105 Å². The summed E-state index contributed by atoms with van der Waals surface area (Å²) in [6, 6.07) is 0. The molecule has 0 radical (unpaired) electrons. The smallest absolute Gasteiger partial charge is 0.330 e. The molecule has 0 aliphatic carbocycles. The molecule has 0 amide bonds. The molecule has 126 valence electrons. The number of nitrogens with zero attached hydrogens (tertiary/aromatic N) is 1. The van der Waals surface area contributed by atoms with Crippen LogP contribution in [0.5, 0.6) is 0 Å². The molecule has 3 N–H and O–H groups in total. The van der Waals surface area contributed by atoms with E-state index in [9.17, 15) is 14.7 Å². The third-order valence-electron chi connectivity index (χ3n) is 3.26. The van der Waals surface area contributed by atoms with Gasteiger partial charge in [0.1, 0.15) is 0 Å². The molecule has 0 aliphatic rings. The lowest BCUT2D eigenvalue weighted by Crippen LogP contribution is -2.41. The first kappa shape index (κ1) is 19.0. The van der Waals surface area contributed by atoms with Crippen molar-refractivity contribution in [1.29, 1.82) is 0 Å². The standard InChI is InChI=1S/C14H24N2O5S/c1-4-7-22-11(10(18)5-6-17)13(21-3)16-8-9(2)12(19)15-14(16)20/h8,10-11,13,17-18H,4-7H2,1-3H3,(H,15,19,20)/t10?,11-,13+/m0/s1. The third kappa shape index (κ3) is 4.70. The van der Waals surface area contributed by atoms with E-state index in [1.165, 1.54) is 29.6 Å². The predicted octanol–water partition coefficient (Wildman–Crippen LogP) is 0.245. The summed E-state index contributed by atoms with van der Waals surface area (Å²) in [5.41, 5.74) is -0.636. The zero-order valence-electron chi connectivity index (χ0n) is 13.1. The van der Waals surface area contributed by atoms with Gasteiger partial charge in [0, 0.05) is 25.5 Å². The van der Waals surface area contributed by atoms with E-state index in [4.69, 9.17) is 9.84 Å². The Hall–Kier alpha value is -1.09. The van der Waals surface area contributed by atoms with E-state index in [1.54, 1.807) is 6.92 Å². The highest BCUT2D eigenvalue weighted by Crippen LogP contribution is 2.28. The van der Waals surface area contributed by atoms with Crippen LogP contribution in [0.1, 0.15) is 31.6 Å². The average molecular weight is 332 g/mol. The van der Waals surface area contributed by atoms with Crippen LogP contribution < -0.4 is 11.2 Å². The first-order valence-electron chi connectivity index (χ1n) is 7.21. The number of methoxy groups -OCH3 is 1. The van der Waals surface area contributed by atoms with Crippen LogP contribution in [0.15, 0.2) is 15.8 Å². The highest BCUT2D eigenvalue weighted by atomic mass is 32.2. The summed E-state index contributed by atoms with van der Waals surface area (Å²) in [5.74, 6) is 0.782. The third-order valence-corrected chi connectivity index (χ3v) is 4.84. The summed E-state index contributed by atoms with van der Waals surface area (Å²) < 4.78 is 6.70. The molecule has 22 heavy (non-hydrogen) atoms. The number of ether oxygens (including phenoxy) is 1. The van der Waals surface area contributed by atoms with Gasteiger partial charge in [0.25, 0.3) is 5.56 Å². The first-order valence-corrected chi connectivity index (χ1v) is 8.26. The van der Waals surface area contributed by atoms with Crippen molar-refractivity contribution in [3.05, 3.63) is 32.6 Å². The number of aliphatic hydroxyl groups excluding tert-OH is 2. The quantitative estimate of drug-likeness (QED) is 0.598. The second-order valence-electron chi connectivity index (χ2n) is 5.02. The monoisotopic (exact) mass is 332 g/mol. The van der Waals surface area contributed by atoms with E-state index < -0.39 is 28.8 Å².